The molecule has 0 atom stereocenters. The van der Waals surface area contributed by atoms with E-state index in [-0.39, 0.29) is 0 Å². The first-order valence-corrected chi connectivity index (χ1v) is 4.05. The molecule has 1 heterocycles. The van der Waals surface area contributed by atoms with Crippen LogP contribution in [0.15, 0.2) is 24.3 Å². The molecule has 2 rings (SSSR count). The van der Waals surface area contributed by atoms with Gasteiger partial charge in [0.2, 0.25) is 0 Å². The molecule has 0 aliphatic heterocycles. The van der Waals surface area contributed by atoms with Crippen molar-refractivity contribution in [2.24, 2.45) is 0 Å². The van der Waals surface area contributed by atoms with Crippen molar-refractivity contribution in [1.29, 1.82) is 0 Å². The summed E-state index contributed by atoms with van der Waals surface area (Å²) in [6, 6.07) is 8.39. The Labute approximate surface area is 64.1 Å². The molecule has 10 heavy (non-hydrogen) atoms. The number of fused-ring (bicyclic) bond motifs is 1. The van der Waals surface area contributed by atoms with Crippen LogP contribution < -0.4 is 0 Å². The summed E-state index contributed by atoms with van der Waals surface area (Å²) < 4.78 is 1.33. The van der Waals surface area contributed by atoms with Crippen LogP contribution in [0.1, 0.15) is 5.56 Å². The molecule has 0 N–H and O–H groups in total. The third-order valence-corrected chi connectivity index (χ3v) is 2.59. The Bertz CT molecular complexity index is 346. The zero-order valence-electron chi connectivity index (χ0n) is 5.72. The smallest absolute Gasteiger partial charge is 0.0487 e. The molecular weight excluding hydrogens is 140 g/mol. The lowest BCUT2D eigenvalue weighted by atomic mass is 10.2. The highest BCUT2D eigenvalue weighted by Gasteiger charge is 1.96. The van der Waals surface area contributed by atoms with Crippen molar-refractivity contribution < 1.29 is 0 Å². The summed E-state index contributed by atoms with van der Waals surface area (Å²) in [7, 11) is 0. The number of aryl methyl sites for hydroxylation is 1. The fraction of sp³-hybridized carbons (Fsp3) is 0.111. The first-order valence-electron chi connectivity index (χ1n) is 3.24. The van der Waals surface area contributed by atoms with Gasteiger partial charge in [0.25, 0.3) is 0 Å². The summed E-state index contributed by atoms with van der Waals surface area (Å²) >= 11 is 1.69. The lowest BCUT2D eigenvalue weighted by Gasteiger charge is -1.86. The van der Waals surface area contributed by atoms with Crippen LogP contribution in [-0.2, 0) is 0 Å². The molecule has 1 aromatic carbocycles. The molecule has 2 aromatic rings. The molecule has 0 spiro atoms. The number of hydrogen-bond acceptors (Lipinski definition) is 1. The first kappa shape index (κ1) is 5.93. The van der Waals surface area contributed by atoms with E-state index in [1.165, 1.54) is 15.6 Å². The fourth-order valence-corrected chi connectivity index (χ4v) is 1.90. The SMILES string of the molecule is Cc1[c]sc2ccccc12. The van der Waals surface area contributed by atoms with Gasteiger partial charge in [-0.05, 0) is 23.9 Å². The standard InChI is InChI=1S/C9H7S/c1-7-6-10-9-5-3-2-4-8(7)9/h2-5H,1H3. The van der Waals surface area contributed by atoms with E-state index >= 15 is 0 Å². The Morgan fingerprint density at radius 2 is 2.10 bits per heavy atom. The van der Waals surface area contributed by atoms with E-state index in [0.717, 1.165) is 0 Å². The van der Waals surface area contributed by atoms with Gasteiger partial charge in [0.15, 0.2) is 0 Å². The van der Waals surface area contributed by atoms with Gasteiger partial charge >= 0.3 is 0 Å². The highest BCUT2D eigenvalue weighted by Crippen LogP contribution is 2.23. The van der Waals surface area contributed by atoms with Gasteiger partial charge in [-0.2, -0.15) is 0 Å². The molecule has 0 nitrogen and oxygen atoms in total. The Balaban J connectivity index is 2.93. The molecule has 49 valence electrons. The van der Waals surface area contributed by atoms with Crippen LogP contribution in [0.25, 0.3) is 10.1 Å². The minimum absolute atomic E-state index is 1.26. The summed E-state index contributed by atoms with van der Waals surface area (Å²) in [4.78, 5) is 0. The van der Waals surface area contributed by atoms with E-state index in [2.05, 4.69) is 36.6 Å². The monoisotopic (exact) mass is 147 g/mol. The number of rotatable bonds is 0. The molecule has 1 heteroatoms. The second-order valence-corrected chi connectivity index (χ2v) is 3.17. The van der Waals surface area contributed by atoms with Crippen LogP contribution in [0, 0.1) is 12.3 Å². The predicted molar refractivity (Wildman–Crippen MR) is 45.4 cm³/mol. The lowest BCUT2D eigenvalue weighted by molar-refractivity contribution is 1.59. The molecule has 0 aliphatic rings. The second-order valence-electron chi connectivity index (χ2n) is 2.33. The largest absolute Gasteiger partial charge is 0.134 e. The van der Waals surface area contributed by atoms with Gasteiger partial charge in [-0.3, -0.25) is 0 Å². The molecule has 0 saturated carbocycles. The van der Waals surface area contributed by atoms with Gasteiger partial charge in [-0.25, -0.2) is 0 Å². The molecule has 0 aliphatic carbocycles. The summed E-state index contributed by atoms with van der Waals surface area (Å²) in [5, 5.41) is 4.56. The van der Waals surface area contributed by atoms with E-state index in [4.69, 9.17) is 0 Å². The Hall–Kier alpha value is -0.820. The van der Waals surface area contributed by atoms with Crippen molar-refractivity contribution in [2.45, 2.75) is 6.92 Å². The molecular formula is C9H7S. The Morgan fingerprint density at radius 3 is 2.90 bits per heavy atom. The van der Waals surface area contributed by atoms with Crippen molar-refractivity contribution in [1.82, 2.24) is 0 Å². The zero-order valence-corrected chi connectivity index (χ0v) is 6.53. The van der Waals surface area contributed by atoms with E-state index in [1.807, 2.05) is 0 Å². The van der Waals surface area contributed by atoms with Crippen LogP contribution in [-0.4, -0.2) is 0 Å². The normalized spacial score (nSPS) is 10.5. The third-order valence-electron chi connectivity index (χ3n) is 1.61. The van der Waals surface area contributed by atoms with Gasteiger partial charge in [-0.15, -0.1) is 11.3 Å². The maximum atomic E-state index is 3.22. The molecule has 1 aromatic heterocycles. The van der Waals surface area contributed by atoms with Crippen molar-refractivity contribution in [2.75, 3.05) is 0 Å². The maximum absolute atomic E-state index is 3.22. The summed E-state index contributed by atoms with van der Waals surface area (Å²) in [5.41, 5.74) is 1.26. The van der Waals surface area contributed by atoms with Crippen LogP contribution in [0.4, 0.5) is 0 Å². The minimum Gasteiger partial charge on any atom is -0.134 e. The van der Waals surface area contributed by atoms with Crippen LogP contribution >= 0.6 is 11.3 Å². The predicted octanol–water partition coefficient (Wildman–Crippen LogP) is 3.01. The molecule has 1 radical (unpaired) electrons. The zero-order chi connectivity index (χ0) is 6.97. The number of hydrogen-bond donors (Lipinski definition) is 0. The van der Waals surface area contributed by atoms with Crippen molar-refractivity contribution in [3.05, 3.63) is 35.2 Å². The van der Waals surface area contributed by atoms with Gasteiger partial charge in [-0.1, -0.05) is 18.2 Å². The minimum atomic E-state index is 1.26. The Morgan fingerprint density at radius 1 is 1.30 bits per heavy atom. The van der Waals surface area contributed by atoms with E-state index in [1.54, 1.807) is 11.3 Å². The van der Waals surface area contributed by atoms with Gasteiger partial charge in [0.05, 0.1) is 0 Å². The third kappa shape index (κ3) is 0.745. The lowest BCUT2D eigenvalue weighted by Crippen LogP contribution is -1.63. The second kappa shape index (κ2) is 2.10. The summed E-state index contributed by atoms with van der Waals surface area (Å²) in [6.07, 6.45) is 0. The maximum Gasteiger partial charge on any atom is 0.0487 e. The average molecular weight is 147 g/mol. The first-order chi connectivity index (χ1) is 4.88. The van der Waals surface area contributed by atoms with Crippen LogP contribution in [0.5, 0.6) is 0 Å². The van der Waals surface area contributed by atoms with Crippen LogP contribution in [0.3, 0.4) is 0 Å². The van der Waals surface area contributed by atoms with E-state index in [9.17, 15) is 0 Å². The van der Waals surface area contributed by atoms with Gasteiger partial charge < -0.3 is 0 Å². The quantitative estimate of drug-likeness (QED) is 0.537. The highest BCUT2D eigenvalue weighted by molar-refractivity contribution is 7.16. The molecule has 0 fully saturated rings. The van der Waals surface area contributed by atoms with E-state index in [0.29, 0.717) is 0 Å². The van der Waals surface area contributed by atoms with E-state index < -0.39 is 0 Å². The fourth-order valence-electron chi connectivity index (χ4n) is 1.05. The highest BCUT2D eigenvalue weighted by atomic mass is 32.1. The summed E-state index contributed by atoms with van der Waals surface area (Å²) in [6.45, 7) is 2.10. The van der Waals surface area contributed by atoms with Crippen molar-refractivity contribution in [3.63, 3.8) is 0 Å². The van der Waals surface area contributed by atoms with Gasteiger partial charge in [0.1, 0.15) is 0 Å². The molecule has 0 saturated heterocycles. The van der Waals surface area contributed by atoms with Crippen LogP contribution in [0.2, 0.25) is 0 Å². The van der Waals surface area contributed by atoms with Gasteiger partial charge in [0, 0.05) is 10.1 Å². The number of thiophene rings is 1. The molecule has 0 bridgehead atoms. The van der Waals surface area contributed by atoms with Crippen molar-refractivity contribution in [3.8, 4) is 0 Å². The molecule has 0 amide bonds. The Kier molecular flexibility index (Phi) is 1.24. The molecule has 0 unspecified atom stereocenters. The topological polar surface area (TPSA) is 0 Å². The summed E-state index contributed by atoms with van der Waals surface area (Å²) in [5.74, 6) is 0. The average Bonchev–Trinajstić information content (AvgIpc) is 2.34. The number of benzene rings is 1. The van der Waals surface area contributed by atoms with Crippen molar-refractivity contribution >= 4 is 21.4 Å².